The van der Waals surface area contributed by atoms with Crippen molar-refractivity contribution in [3.8, 4) is 0 Å². The summed E-state index contributed by atoms with van der Waals surface area (Å²) in [5, 5.41) is 12.6. The van der Waals surface area contributed by atoms with Gasteiger partial charge in [-0.25, -0.2) is 4.79 Å². The monoisotopic (exact) mass is 1080 g/mol. The molecule has 0 saturated heterocycles. The molecule has 0 aliphatic carbocycles. The van der Waals surface area contributed by atoms with Gasteiger partial charge in [0.25, 0.3) is 0 Å². The Morgan fingerprint density at radius 3 is 1.11 bits per heavy atom. The van der Waals surface area contributed by atoms with Gasteiger partial charge in [-0.05, 0) is 64.7 Å². The second-order valence-corrected chi connectivity index (χ2v) is 22.5. The molecule has 432 valence electrons. The van der Waals surface area contributed by atoms with E-state index in [4.69, 9.17) is 38.6 Å². The van der Waals surface area contributed by atoms with E-state index in [0.29, 0.717) is 44.5 Å². The molecule has 4 atom stereocenters. The van der Waals surface area contributed by atoms with Crippen LogP contribution in [-0.4, -0.2) is 108 Å². The van der Waals surface area contributed by atoms with Crippen molar-refractivity contribution in [1.29, 1.82) is 0 Å². The number of hydrogen-bond donors (Lipinski definition) is 8. The molecule has 13 N–H and O–H groups in total. The van der Waals surface area contributed by atoms with Crippen LogP contribution in [0, 0.1) is 0 Å². The fraction of sp³-hybridized carbons (Fsp3) is 0.907. The number of carbonyl (C=O) groups excluding carboxylic acids is 4. The van der Waals surface area contributed by atoms with Crippen molar-refractivity contribution in [1.82, 2.24) is 15.5 Å². The van der Waals surface area contributed by atoms with Crippen LogP contribution in [0.25, 0.3) is 0 Å². The maximum atomic E-state index is 13.3. The SMILES string of the molecule is CCCCCCCCCCCCCCCCCCN(CCCCCCCCCCCCCCCCCC)C(CSSC[C@H](NC(=O)[C@H](CCCN)NC(=O)[C@@H](N)CCCN)C(N)=O)C(N)=O.O=C(O)C(F)(F)F. The number of halogens is 3. The molecule has 4 amide bonds. The van der Waals surface area contributed by atoms with E-state index < -0.39 is 54.0 Å². The predicted octanol–water partition coefficient (Wildman–Crippen LogP) is 10.9. The molecule has 0 aromatic heterocycles. The molecule has 1 unspecified atom stereocenters. The molecule has 19 heteroatoms. The van der Waals surface area contributed by atoms with Crippen LogP contribution in [0.4, 0.5) is 13.2 Å². The Morgan fingerprint density at radius 2 is 0.795 bits per heavy atom. The summed E-state index contributed by atoms with van der Waals surface area (Å²) < 4.78 is 31.7. The minimum absolute atomic E-state index is 0.197. The third-order valence-electron chi connectivity index (χ3n) is 13.2. The zero-order valence-electron chi connectivity index (χ0n) is 45.8. The first-order valence-electron chi connectivity index (χ1n) is 28.7. The molecular weight excluding hydrogens is 978 g/mol. The maximum absolute atomic E-state index is 13.3. The van der Waals surface area contributed by atoms with Crippen LogP contribution in [0.2, 0.25) is 0 Å². The van der Waals surface area contributed by atoms with Crippen molar-refractivity contribution in [3.05, 3.63) is 0 Å². The number of unbranched alkanes of at least 4 members (excludes halogenated alkanes) is 30. The molecular formula is C54H107F3N8O6S2. The Kier molecular flexibility index (Phi) is 51.6. The molecule has 0 bridgehead atoms. The van der Waals surface area contributed by atoms with Crippen molar-refractivity contribution in [2.75, 3.05) is 37.7 Å². The lowest BCUT2D eigenvalue weighted by Crippen LogP contribution is -2.56. The van der Waals surface area contributed by atoms with E-state index in [1.165, 1.54) is 201 Å². The predicted molar refractivity (Wildman–Crippen MR) is 300 cm³/mol. The Bertz CT molecular complexity index is 1310. The zero-order valence-corrected chi connectivity index (χ0v) is 47.4. The van der Waals surface area contributed by atoms with Crippen LogP contribution in [0.3, 0.4) is 0 Å². The highest BCUT2D eigenvalue weighted by Gasteiger charge is 2.38. The molecule has 0 aromatic carbocycles. The molecule has 0 aliphatic heterocycles. The third kappa shape index (κ3) is 46.7. The maximum Gasteiger partial charge on any atom is 0.490 e. The quantitative estimate of drug-likeness (QED) is 0.0209. The highest BCUT2D eigenvalue weighted by atomic mass is 33.1. The molecule has 0 fully saturated rings. The number of amides is 4. The number of carboxylic acid groups (broad SMARTS) is 1. The molecule has 0 radical (unpaired) electrons. The number of alkyl halides is 3. The van der Waals surface area contributed by atoms with Crippen molar-refractivity contribution in [3.63, 3.8) is 0 Å². The molecule has 0 saturated carbocycles. The Morgan fingerprint density at radius 1 is 0.479 bits per heavy atom. The minimum atomic E-state index is -5.08. The zero-order chi connectivity index (χ0) is 54.8. The van der Waals surface area contributed by atoms with E-state index in [1.807, 2.05) is 0 Å². The largest absolute Gasteiger partial charge is 0.490 e. The van der Waals surface area contributed by atoms with Crippen LogP contribution in [0.15, 0.2) is 0 Å². The van der Waals surface area contributed by atoms with Gasteiger partial charge in [0, 0.05) is 11.5 Å². The first-order chi connectivity index (χ1) is 35.1. The van der Waals surface area contributed by atoms with E-state index >= 15 is 0 Å². The topological polar surface area (TPSA) is 263 Å². The Labute approximate surface area is 448 Å². The molecule has 0 aromatic rings. The van der Waals surface area contributed by atoms with Gasteiger partial charge in [0.1, 0.15) is 12.1 Å². The normalized spacial score (nSPS) is 13.2. The first kappa shape index (κ1) is 72.8. The molecule has 0 heterocycles. The summed E-state index contributed by atoms with van der Waals surface area (Å²) in [5.41, 5.74) is 29.1. The molecule has 0 spiro atoms. The van der Waals surface area contributed by atoms with Crippen molar-refractivity contribution in [2.45, 2.75) is 275 Å². The number of rotatable bonds is 52. The number of primary amides is 2. The summed E-state index contributed by atoms with van der Waals surface area (Å²) in [6, 6.07) is -3.12. The van der Waals surface area contributed by atoms with Crippen LogP contribution in [-0.2, 0) is 24.0 Å². The van der Waals surface area contributed by atoms with Crippen molar-refractivity contribution < 1.29 is 42.3 Å². The van der Waals surface area contributed by atoms with Gasteiger partial charge in [-0.1, -0.05) is 228 Å². The van der Waals surface area contributed by atoms with E-state index in [9.17, 15) is 32.3 Å². The van der Waals surface area contributed by atoms with Gasteiger partial charge >= 0.3 is 12.1 Å². The van der Waals surface area contributed by atoms with Crippen LogP contribution in [0.1, 0.15) is 245 Å². The Balaban J connectivity index is 0. The van der Waals surface area contributed by atoms with E-state index in [2.05, 4.69) is 29.4 Å². The summed E-state index contributed by atoms with van der Waals surface area (Å²) in [6.07, 6.45) is 38.9. The fourth-order valence-corrected chi connectivity index (χ4v) is 11.0. The van der Waals surface area contributed by atoms with E-state index in [-0.39, 0.29) is 11.7 Å². The van der Waals surface area contributed by atoms with Crippen LogP contribution >= 0.6 is 21.6 Å². The van der Waals surface area contributed by atoms with E-state index in [0.717, 1.165) is 38.8 Å². The fourth-order valence-electron chi connectivity index (χ4n) is 8.55. The van der Waals surface area contributed by atoms with Gasteiger partial charge in [0.05, 0.1) is 12.1 Å². The number of carboxylic acids is 1. The number of hydrogen-bond acceptors (Lipinski definition) is 11. The minimum Gasteiger partial charge on any atom is -0.475 e. The van der Waals surface area contributed by atoms with Crippen molar-refractivity contribution >= 4 is 51.2 Å². The lowest BCUT2D eigenvalue weighted by molar-refractivity contribution is -0.192. The molecule has 14 nitrogen and oxygen atoms in total. The summed E-state index contributed by atoms with van der Waals surface area (Å²) >= 11 is 0. The Hall–Kier alpha value is -2.32. The lowest BCUT2D eigenvalue weighted by atomic mass is 10.0. The average molecular weight is 1090 g/mol. The summed E-state index contributed by atoms with van der Waals surface area (Å²) in [5.74, 6) is -4.08. The summed E-state index contributed by atoms with van der Waals surface area (Å²) in [6.45, 7) is 6.97. The summed E-state index contributed by atoms with van der Waals surface area (Å²) in [7, 11) is 2.85. The van der Waals surface area contributed by atoms with Crippen LogP contribution in [0.5, 0.6) is 0 Å². The highest BCUT2D eigenvalue weighted by molar-refractivity contribution is 8.76. The summed E-state index contributed by atoms with van der Waals surface area (Å²) in [4.78, 5) is 62.7. The second kappa shape index (κ2) is 51.8. The number of nitrogens with two attached hydrogens (primary N) is 5. The third-order valence-corrected chi connectivity index (χ3v) is 15.6. The smallest absolute Gasteiger partial charge is 0.475 e. The number of nitrogens with one attached hydrogen (secondary N) is 2. The standard InChI is InChI=1S/C52H106N8O4S2.C2HF3O2/c1-3-5-7-9-11-13-15-17-19-21-23-25-27-29-31-33-41-60(42-34-32-30-28-26-24-22-20-18-16-14-12-10-8-6-4-2)48(50(57)62)44-66-65-43-47(49(56)61)59-52(64)46(38-36-40-54)58-51(63)45(55)37-35-39-53;3-2(4,5)1(6)7/h45-48H,3-44,53-55H2,1-2H3,(H2,56,61)(H2,57,62)(H,58,63)(H,59,64);(H,6,7)/t45-,46-,47-,48?;/m0./s1. The van der Waals surface area contributed by atoms with E-state index in [1.54, 1.807) is 0 Å². The molecule has 0 aliphatic rings. The van der Waals surface area contributed by atoms with Gasteiger partial charge in [-0.2, -0.15) is 13.2 Å². The molecule has 73 heavy (non-hydrogen) atoms. The van der Waals surface area contributed by atoms with Crippen molar-refractivity contribution in [2.24, 2.45) is 28.7 Å². The van der Waals surface area contributed by atoms with Gasteiger partial charge in [-0.3, -0.25) is 24.1 Å². The first-order valence-corrected chi connectivity index (χ1v) is 31.2. The van der Waals surface area contributed by atoms with Gasteiger partial charge in [-0.15, -0.1) is 0 Å². The van der Waals surface area contributed by atoms with Gasteiger partial charge in [0.2, 0.25) is 23.6 Å². The van der Waals surface area contributed by atoms with Gasteiger partial charge in [0.15, 0.2) is 0 Å². The average Bonchev–Trinajstić information content (AvgIpc) is 3.35. The lowest BCUT2D eigenvalue weighted by Gasteiger charge is -2.29. The van der Waals surface area contributed by atoms with Gasteiger partial charge < -0.3 is 44.4 Å². The highest BCUT2D eigenvalue weighted by Crippen LogP contribution is 2.26. The molecule has 0 rings (SSSR count). The number of nitrogens with zero attached hydrogens (tertiary/aromatic N) is 1. The number of aliphatic carboxylic acids is 1. The second-order valence-electron chi connectivity index (χ2n) is 19.9. The number of carbonyl (C=O) groups is 5. The van der Waals surface area contributed by atoms with Crippen LogP contribution < -0.4 is 39.3 Å².